The molecule has 0 saturated heterocycles. The Bertz CT molecular complexity index is 727. The number of hydrogen-bond acceptors (Lipinski definition) is 3. The van der Waals surface area contributed by atoms with Gasteiger partial charge >= 0.3 is 6.18 Å². The lowest BCUT2D eigenvalue weighted by atomic mass is 10.1. The third-order valence-electron chi connectivity index (χ3n) is 3.25. The molecule has 24 heavy (non-hydrogen) atoms. The van der Waals surface area contributed by atoms with E-state index in [0.29, 0.717) is 5.56 Å². The average molecular weight is 356 g/mol. The second-order valence-electron chi connectivity index (χ2n) is 5.09. The highest BCUT2D eigenvalue weighted by atomic mass is 32.1. The number of amides is 2. The third-order valence-corrected chi connectivity index (χ3v) is 3.93. The zero-order valence-corrected chi connectivity index (χ0v) is 13.6. The Morgan fingerprint density at radius 1 is 1.21 bits per heavy atom. The molecule has 0 unspecified atom stereocenters. The summed E-state index contributed by atoms with van der Waals surface area (Å²) in [6.45, 7) is 1.45. The lowest BCUT2D eigenvalue weighted by Gasteiger charge is -2.13. The molecule has 0 saturated carbocycles. The molecule has 8 heteroatoms. The summed E-state index contributed by atoms with van der Waals surface area (Å²) >= 11 is 1.38. The van der Waals surface area contributed by atoms with Gasteiger partial charge in [0.05, 0.1) is 5.56 Å². The van der Waals surface area contributed by atoms with Gasteiger partial charge in [0.15, 0.2) is 0 Å². The number of anilines is 1. The first-order valence-corrected chi connectivity index (χ1v) is 8.00. The van der Waals surface area contributed by atoms with Crippen LogP contribution >= 0.6 is 11.3 Å². The van der Waals surface area contributed by atoms with Gasteiger partial charge in [-0.15, -0.1) is 0 Å². The molecule has 2 amide bonds. The predicted molar refractivity (Wildman–Crippen MR) is 86.1 cm³/mol. The van der Waals surface area contributed by atoms with Crippen molar-refractivity contribution in [2.24, 2.45) is 0 Å². The molecule has 128 valence electrons. The van der Waals surface area contributed by atoms with Crippen molar-refractivity contribution in [2.75, 3.05) is 11.9 Å². The molecule has 0 atom stereocenters. The van der Waals surface area contributed by atoms with Crippen molar-refractivity contribution >= 4 is 28.8 Å². The average Bonchev–Trinajstić information content (AvgIpc) is 3.02. The number of halogens is 3. The fourth-order valence-electron chi connectivity index (χ4n) is 2.01. The van der Waals surface area contributed by atoms with E-state index in [4.69, 9.17) is 0 Å². The summed E-state index contributed by atoms with van der Waals surface area (Å²) in [5, 5.41) is 8.42. The summed E-state index contributed by atoms with van der Waals surface area (Å²) in [5.74, 6) is -0.767. The molecule has 1 aromatic heterocycles. The summed E-state index contributed by atoms with van der Waals surface area (Å²) in [7, 11) is 0. The van der Waals surface area contributed by atoms with E-state index in [1.807, 2.05) is 0 Å². The minimum Gasteiger partial charge on any atom is -0.351 e. The number of hydrogen-bond donors (Lipinski definition) is 2. The number of aryl methyl sites for hydroxylation is 1. The zero-order chi connectivity index (χ0) is 17.7. The Kier molecular flexibility index (Phi) is 5.61. The third kappa shape index (κ3) is 4.82. The van der Waals surface area contributed by atoms with Gasteiger partial charge < -0.3 is 10.6 Å². The molecule has 0 aliphatic heterocycles. The van der Waals surface area contributed by atoms with Crippen molar-refractivity contribution in [2.45, 2.75) is 19.5 Å². The van der Waals surface area contributed by atoms with Gasteiger partial charge in [-0.2, -0.15) is 24.5 Å². The number of carbonyl (C=O) groups is 2. The highest BCUT2D eigenvalue weighted by Crippen LogP contribution is 2.33. The zero-order valence-electron chi connectivity index (χ0n) is 12.7. The van der Waals surface area contributed by atoms with Crippen molar-refractivity contribution < 1.29 is 22.8 Å². The van der Waals surface area contributed by atoms with Crippen LogP contribution < -0.4 is 10.6 Å². The second kappa shape index (κ2) is 7.48. The van der Waals surface area contributed by atoms with Gasteiger partial charge in [0.1, 0.15) is 0 Å². The predicted octanol–water partition coefficient (Wildman–Crippen LogP) is 3.83. The fraction of sp³-hybridized carbons (Fsp3) is 0.250. The fourth-order valence-corrected chi connectivity index (χ4v) is 2.65. The molecular weight excluding hydrogens is 341 g/mol. The molecular formula is C16H15F3N2O2S. The number of benzene rings is 1. The molecule has 1 heterocycles. The van der Waals surface area contributed by atoms with Gasteiger partial charge in [-0.05, 0) is 36.1 Å². The molecule has 0 bridgehead atoms. The van der Waals surface area contributed by atoms with Crippen LogP contribution in [0.25, 0.3) is 0 Å². The number of rotatable bonds is 5. The smallest absolute Gasteiger partial charge is 0.351 e. The lowest BCUT2D eigenvalue weighted by Crippen LogP contribution is -2.27. The minimum absolute atomic E-state index is 0.0366. The molecule has 2 aromatic rings. The van der Waals surface area contributed by atoms with Crippen LogP contribution in [0.5, 0.6) is 0 Å². The van der Waals surface area contributed by atoms with Crippen LogP contribution in [0.1, 0.15) is 27.9 Å². The summed E-state index contributed by atoms with van der Waals surface area (Å²) in [6, 6.07) is 5.27. The maximum absolute atomic E-state index is 12.8. The van der Waals surface area contributed by atoms with Crippen LogP contribution in [-0.2, 0) is 11.0 Å². The van der Waals surface area contributed by atoms with Gasteiger partial charge in [0.25, 0.3) is 5.91 Å². The quantitative estimate of drug-likeness (QED) is 0.855. The van der Waals surface area contributed by atoms with Crippen LogP contribution in [0, 0.1) is 6.92 Å². The molecule has 4 nitrogen and oxygen atoms in total. The Labute approximate surface area is 140 Å². The van der Waals surface area contributed by atoms with Crippen LogP contribution in [0.3, 0.4) is 0 Å². The number of nitrogens with one attached hydrogen (secondary N) is 2. The Balaban J connectivity index is 1.87. The molecule has 2 N–H and O–H groups in total. The molecule has 0 spiro atoms. The van der Waals surface area contributed by atoms with Crippen molar-refractivity contribution in [3.63, 3.8) is 0 Å². The lowest BCUT2D eigenvalue weighted by molar-refractivity contribution is -0.138. The summed E-state index contributed by atoms with van der Waals surface area (Å²) in [6.07, 6.45) is -4.51. The maximum atomic E-state index is 12.8. The SMILES string of the molecule is Cc1ccc(NC(=O)CCNC(=O)c2ccsc2)cc1C(F)(F)F. The van der Waals surface area contributed by atoms with Crippen LogP contribution in [0.2, 0.25) is 0 Å². The van der Waals surface area contributed by atoms with Gasteiger partial charge in [0.2, 0.25) is 5.91 Å². The molecule has 1 aromatic carbocycles. The van der Waals surface area contributed by atoms with E-state index in [0.717, 1.165) is 6.07 Å². The first-order valence-electron chi connectivity index (χ1n) is 7.05. The van der Waals surface area contributed by atoms with E-state index < -0.39 is 17.6 Å². The van der Waals surface area contributed by atoms with E-state index >= 15 is 0 Å². The topological polar surface area (TPSA) is 58.2 Å². The van der Waals surface area contributed by atoms with E-state index in [-0.39, 0.29) is 30.1 Å². The largest absolute Gasteiger partial charge is 0.416 e. The van der Waals surface area contributed by atoms with Gasteiger partial charge in [-0.25, -0.2) is 0 Å². The normalized spacial score (nSPS) is 11.2. The Hall–Kier alpha value is -2.35. The summed E-state index contributed by atoms with van der Waals surface area (Å²) in [5.41, 5.74) is -0.120. The molecule has 2 rings (SSSR count). The summed E-state index contributed by atoms with van der Waals surface area (Å²) in [4.78, 5) is 23.5. The van der Waals surface area contributed by atoms with Crippen molar-refractivity contribution in [1.29, 1.82) is 0 Å². The first kappa shape index (κ1) is 18.0. The summed E-state index contributed by atoms with van der Waals surface area (Å²) < 4.78 is 38.5. The first-order chi connectivity index (χ1) is 11.3. The van der Waals surface area contributed by atoms with Crippen LogP contribution in [-0.4, -0.2) is 18.4 Å². The van der Waals surface area contributed by atoms with Crippen molar-refractivity contribution in [3.8, 4) is 0 Å². The van der Waals surface area contributed by atoms with Crippen molar-refractivity contribution in [3.05, 3.63) is 51.7 Å². The Morgan fingerprint density at radius 2 is 1.96 bits per heavy atom. The monoisotopic (exact) mass is 356 g/mol. The van der Waals surface area contributed by atoms with E-state index in [2.05, 4.69) is 10.6 Å². The standard InChI is InChI=1S/C16H15F3N2O2S/c1-10-2-3-12(8-13(10)16(17,18)19)21-14(22)4-6-20-15(23)11-5-7-24-9-11/h2-3,5,7-9H,4,6H2,1H3,(H,20,23)(H,21,22). The minimum atomic E-state index is -4.47. The van der Waals surface area contributed by atoms with Gasteiger partial charge in [-0.1, -0.05) is 6.07 Å². The highest BCUT2D eigenvalue weighted by molar-refractivity contribution is 7.08. The number of thiophene rings is 1. The second-order valence-corrected chi connectivity index (χ2v) is 5.87. The number of alkyl halides is 3. The molecule has 0 aliphatic carbocycles. The van der Waals surface area contributed by atoms with Crippen LogP contribution in [0.4, 0.5) is 18.9 Å². The van der Waals surface area contributed by atoms with E-state index in [9.17, 15) is 22.8 Å². The molecule has 0 fully saturated rings. The Morgan fingerprint density at radius 3 is 2.58 bits per heavy atom. The molecule has 0 radical (unpaired) electrons. The molecule has 0 aliphatic rings. The van der Waals surface area contributed by atoms with Crippen LogP contribution in [0.15, 0.2) is 35.0 Å². The maximum Gasteiger partial charge on any atom is 0.416 e. The van der Waals surface area contributed by atoms with Gasteiger partial charge in [0, 0.05) is 29.6 Å². The van der Waals surface area contributed by atoms with Gasteiger partial charge in [-0.3, -0.25) is 9.59 Å². The van der Waals surface area contributed by atoms with E-state index in [1.165, 1.54) is 30.4 Å². The highest BCUT2D eigenvalue weighted by Gasteiger charge is 2.32. The van der Waals surface area contributed by atoms with E-state index in [1.54, 1.807) is 16.8 Å². The number of carbonyl (C=O) groups excluding carboxylic acids is 2. The van der Waals surface area contributed by atoms with Crippen molar-refractivity contribution in [1.82, 2.24) is 5.32 Å².